The Morgan fingerprint density at radius 2 is 2.08 bits per heavy atom. The van der Waals surface area contributed by atoms with Gasteiger partial charge >= 0.3 is 0 Å². The van der Waals surface area contributed by atoms with E-state index < -0.39 is 0 Å². The van der Waals surface area contributed by atoms with Gasteiger partial charge in [0.05, 0.1) is 5.69 Å². The predicted octanol–water partition coefficient (Wildman–Crippen LogP) is 4.40. The molecule has 0 aliphatic heterocycles. The van der Waals surface area contributed by atoms with E-state index in [-0.39, 0.29) is 5.91 Å². The third-order valence-corrected chi connectivity index (χ3v) is 5.47. The molecule has 1 amide bonds. The maximum absolute atomic E-state index is 12.5. The fourth-order valence-corrected chi connectivity index (χ4v) is 3.95. The van der Waals surface area contributed by atoms with Crippen LogP contribution in [0.15, 0.2) is 24.3 Å². The summed E-state index contributed by atoms with van der Waals surface area (Å²) in [5.41, 5.74) is 1.95. The minimum absolute atomic E-state index is 0.0127. The topological polar surface area (TPSA) is 51.2 Å². The van der Waals surface area contributed by atoms with Crippen LogP contribution < -0.4 is 10.1 Å². The molecule has 1 aromatic carbocycles. The molecule has 5 heteroatoms. The van der Waals surface area contributed by atoms with Gasteiger partial charge in [-0.3, -0.25) is 4.79 Å². The molecule has 0 unspecified atom stereocenters. The van der Waals surface area contributed by atoms with Gasteiger partial charge in [-0.1, -0.05) is 31.4 Å². The van der Waals surface area contributed by atoms with Gasteiger partial charge in [-0.2, -0.15) is 0 Å². The SMILES string of the molecule is Cc1cccc(OCc2nc(C)c(C(=O)NC3CCCCC3)s2)c1. The van der Waals surface area contributed by atoms with E-state index in [1.807, 2.05) is 38.1 Å². The molecule has 2 aromatic rings. The molecule has 1 fully saturated rings. The number of carbonyl (C=O) groups is 1. The number of hydrogen-bond acceptors (Lipinski definition) is 4. The average molecular weight is 344 g/mol. The van der Waals surface area contributed by atoms with Gasteiger partial charge in [0.15, 0.2) is 0 Å². The van der Waals surface area contributed by atoms with Crippen molar-refractivity contribution >= 4 is 17.2 Å². The van der Waals surface area contributed by atoms with Crippen molar-refractivity contribution in [2.24, 2.45) is 0 Å². The van der Waals surface area contributed by atoms with Crippen LogP contribution in [0.5, 0.6) is 5.75 Å². The molecule has 24 heavy (non-hydrogen) atoms. The zero-order valence-corrected chi connectivity index (χ0v) is 15.1. The van der Waals surface area contributed by atoms with Gasteiger partial charge in [0.25, 0.3) is 5.91 Å². The van der Waals surface area contributed by atoms with E-state index in [0.29, 0.717) is 17.5 Å². The third-order valence-electron chi connectivity index (χ3n) is 4.34. The van der Waals surface area contributed by atoms with Crippen LogP contribution in [0.2, 0.25) is 0 Å². The number of aromatic nitrogens is 1. The Morgan fingerprint density at radius 3 is 2.83 bits per heavy atom. The van der Waals surface area contributed by atoms with Crippen LogP contribution in [0, 0.1) is 13.8 Å². The Balaban J connectivity index is 1.60. The second-order valence-corrected chi connectivity index (χ2v) is 7.52. The molecule has 0 saturated heterocycles. The minimum Gasteiger partial charge on any atom is -0.486 e. The van der Waals surface area contributed by atoms with E-state index in [2.05, 4.69) is 10.3 Å². The molecular weight excluding hydrogens is 320 g/mol. The van der Waals surface area contributed by atoms with Gasteiger partial charge in [-0.05, 0) is 44.4 Å². The van der Waals surface area contributed by atoms with Gasteiger partial charge < -0.3 is 10.1 Å². The number of nitrogens with zero attached hydrogens (tertiary/aromatic N) is 1. The highest BCUT2D eigenvalue weighted by atomic mass is 32.1. The highest BCUT2D eigenvalue weighted by Crippen LogP contribution is 2.22. The largest absolute Gasteiger partial charge is 0.486 e. The standard InChI is InChI=1S/C19H24N2O2S/c1-13-7-6-10-16(11-13)23-12-17-20-14(2)18(24-17)19(22)21-15-8-4-3-5-9-15/h6-7,10-11,15H,3-5,8-9,12H2,1-2H3,(H,21,22). The van der Waals surface area contributed by atoms with E-state index in [9.17, 15) is 4.79 Å². The second kappa shape index (κ2) is 7.79. The van der Waals surface area contributed by atoms with E-state index in [4.69, 9.17) is 4.74 Å². The smallest absolute Gasteiger partial charge is 0.263 e. The third kappa shape index (κ3) is 4.35. The Morgan fingerprint density at radius 1 is 1.29 bits per heavy atom. The van der Waals surface area contributed by atoms with Crippen LogP contribution in [0.3, 0.4) is 0 Å². The van der Waals surface area contributed by atoms with Crippen molar-refractivity contribution in [2.45, 2.75) is 58.6 Å². The number of ether oxygens (including phenoxy) is 1. The van der Waals surface area contributed by atoms with Crippen molar-refractivity contribution in [1.82, 2.24) is 10.3 Å². The van der Waals surface area contributed by atoms with Crippen LogP contribution in [0.25, 0.3) is 0 Å². The summed E-state index contributed by atoms with van der Waals surface area (Å²) in [6.07, 6.45) is 5.89. The second-order valence-electron chi connectivity index (χ2n) is 6.44. The molecule has 1 aliphatic rings. The van der Waals surface area contributed by atoms with Crippen LogP contribution in [-0.2, 0) is 6.61 Å². The number of thiazole rings is 1. The lowest BCUT2D eigenvalue weighted by Crippen LogP contribution is -2.36. The summed E-state index contributed by atoms with van der Waals surface area (Å²) >= 11 is 1.43. The Hall–Kier alpha value is -1.88. The molecular formula is C19H24N2O2S. The summed E-state index contributed by atoms with van der Waals surface area (Å²) in [5, 5.41) is 4.00. The maximum Gasteiger partial charge on any atom is 0.263 e. The fraction of sp³-hybridized carbons (Fsp3) is 0.474. The Bertz CT molecular complexity index is 705. The number of amides is 1. The van der Waals surface area contributed by atoms with Gasteiger partial charge in [-0.25, -0.2) is 4.98 Å². The van der Waals surface area contributed by atoms with Crippen molar-refractivity contribution in [3.8, 4) is 5.75 Å². The first-order valence-corrected chi connectivity index (χ1v) is 9.40. The Labute approximate surface area is 147 Å². The van der Waals surface area contributed by atoms with Crippen molar-refractivity contribution < 1.29 is 9.53 Å². The molecule has 3 rings (SSSR count). The Kier molecular flexibility index (Phi) is 5.51. The molecule has 1 saturated carbocycles. The van der Waals surface area contributed by atoms with Gasteiger partial charge in [0, 0.05) is 6.04 Å². The number of aryl methyl sites for hydroxylation is 2. The minimum atomic E-state index is 0.0127. The van der Waals surface area contributed by atoms with Crippen LogP contribution in [0.4, 0.5) is 0 Å². The van der Waals surface area contributed by atoms with Crippen LogP contribution in [0.1, 0.15) is 58.0 Å². The molecule has 128 valence electrons. The first kappa shape index (κ1) is 17.0. The van der Waals surface area contributed by atoms with E-state index in [0.717, 1.165) is 34.9 Å². The first-order chi connectivity index (χ1) is 11.6. The summed E-state index contributed by atoms with van der Waals surface area (Å²) in [6, 6.07) is 8.26. The van der Waals surface area contributed by atoms with Gasteiger partial charge in [0.2, 0.25) is 0 Å². The summed E-state index contributed by atoms with van der Waals surface area (Å²) in [5.74, 6) is 0.842. The summed E-state index contributed by atoms with van der Waals surface area (Å²) in [6.45, 7) is 4.32. The zero-order valence-electron chi connectivity index (χ0n) is 14.3. The first-order valence-electron chi connectivity index (χ1n) is 8.58. The molecule has 1 heterocycles. The number of hydrogen-bond donors (Lipinski definition) is 1. The molecule has 0 atom stereocenters. The lowest BCUT2D eigenvalue weighted by atomic mass is 9.95. The quantitative estimate of drug-likeness (QED) is 0.874. The van der Waals surface area contributed by atoms with Crippen molar-refractivity contribution in [3.63, 3.8) is 0 Å². The molecule has 0 spiro atoms. The van der Waals surface area contributed by atoms with Crippen molar-refractivity contribution in [3.05, 3.63) is 45.4 Å². The number of rotatable bonds is 5. The van der Waals surface area contributed by atoms with Gasteiger partial charge in [-0.15, -0.1) is 11.3 Å². The highest BCUT2D eigenvalue weighted by Gasteiger charge is 2.20. The average Bonchev–Trinajstić information content (AvgIpc) is 2.95. The lowest BCUT2D eigenvalue weighted by Gasteiger charge is -2.22. The van der Waals surface area contributed by atoms with Crippen LogP contribution in [-0.4, -0.2) is 16.9 Å². The van der Waals surface area contributed by atoms with Crippen molar-refractivity contribution in [2.75, 3.05) is 0 Å². The predicted molar refractivity (Wildman–Crippen MR) is 96.7 cm³/mol. The normalized spacial score (nSPS) is 15.2. The maximum atomic E-state index is 12.5. The van der Waals surface area contributed by atoms with Crippen LogP contribution >= 0.6 is 11.3 Å². The molecule has 1 aliphatic carbocycles. The lowest BCUT2D eigenvalue weighted by molar-refractivity contribution is 0.0931. The molecule has 1 aromatic heterocycles. The molecule has 1 N–H and O–H groups in total. The zero-order chi connectivity index (χ0) is 16.9. The van der Waals surface area contributed by atoms with E-state index in [1.54, 1.807) is 0 Å². The highest BCUT2D eigenvalue weighted by molar-refractivity contribution is 7.13. The fourth-order valence-electron chi connectivity index (χ4n) is 3.07. The summed E-state index contributed by atoms with van der Waals surface area (Å²) < 4.78 is 5.79. The van der Waals surface area contributed by atoms with E-state index in [1.165, 1.54) is 30.6 Å². The number of benzene rings is 1. The summed E-state index contributed by atoms with van der Waals surface area (Å²) in [4.78, 5) is 17.7. The van der Waals surface area contributed by atoms with Crippen molar-refractivity contribution in [1.29, 1.82) is 0 Å². The summed E-state index contributed by atoms with van der Waals surface area (Å²) in [7, 11) is 0. The van der Waals surface area contributed by atoms with E-state index >= 15 is 0 Å². The molecule has 0 radical (unpaired) electrons. The number of carbonyl (C=O) groups excluding carboxylic acids is 1. The van der Waals surface area contributed by atoms with Gasteiger partial charge in [0.1, 0.15) is 22.2 Å². The molecule has 0 bridgehead atoms. The monoisotopic (exact) mass is 344 g/mol. The number of nitrogens with one attached hydrogen (secondary N) is 1. The molecule has 4 nitrogen and oxygen atoms in total.